The number of aromatic nitrogens is 4. The molecule has 4 heterocycles. The maximum atomic E-state index is 13.9. The average molecular weight is 603 g/mol. The monoisotopic (exact) mass is 602 g/mol. The van der Waals surface area contributed by atoms with Crippen LogP contribution < -0.4 is 20.1 Å². The number of carbonyl (C=O) groups excluding carboxylic acids is 1. The molecular weight excluding hydrogens is 577 g/mol. The molecule has 1 unspecified atom stereocenters. The van der Waals surface area contributed by atoms with E-state index >= 15 is 0 Å². The molecule has 1 fully saturated rings. The summed E-state index contributed by atoms with van der Waals surface area (Å²) in [6.45, 7) is 2.07. The van der Waals surface area contributed by atoms with Crippen LogP contribution in [-0.2, 0) is 12.7 Å². The van der Waals surface area contributed by atoms with Crippen LogP contribution in [0, 0.1) is 11.3 Å². The van der Waals surface area contributed by atoms with Gasteiger partial charge < -0.3 is 19.4 Å². The number of nitrogens with one attached hydrogen (secondary N) is 1. The molecule has 1 amide bonds. The fourth-order valence-corrected chi connectivity index (χ4v) is 5.54. The number of nitrogens with zero attached hydrogens (tertiary/aromatic N) is 7. The molecule has 0 bridgehead atoms. The summed E-state index contributed by atoms with van der Waals surface area (Å²) >= 11 is 0. The summed E-state index contributed by atoms with van der Waals surface area (Å²) in [5.41, 5.74) is -0.737. The summed E-state index contributed by atoms with van der Waals surface area (Å²) in [7, 11) is 0. The molecule has 6 rings (SSSR count). The fraction of sp³-hybridized carbons (Fsp3) is 0.267. The number of benzene rings is 2. The molecule has 0 spiro atoms. The number of H-pyrrole nitrogens is 1. The number of hydrogen-bond donors (Lipinski definition) is 1. The molecule has 4 aromatic rings. The van der Waals surface area contributed by atoms with Crippen LogP contribution in [-0.4, -0.2) is 63.8 Å². The molecule has 2 aromatic carbocycles. The lowest BCUT2D eigenvalue weighted by molar-refractivity contribution is -0.138. The smallest absolute Gasteiger partial charge is 0.423 e. The molecule has 0 radical (unpaired) electrons. The fourth-order valence-electron chi connectivity index (χ4n) is 5.54. The van der Waals surface area contributed by atoms with Crippen molar-refractivity contribution in [2.45, 2.75) is 18.8 Å². The Labute approximate surface area is 249 Å². The maximum Gasteiger partial charge on any atom is 0.423 e. The molecule has 1 saturated heterocycles. The van der Waals surface area contributed by atoms with Gasteiger partial charge in [0.1, 0.15) is 29.8 Å². The number of hydrogen-bond acceptors (Lipinski definition) is 9. The van der Waals surface area contributed by atoms with E-state index in [0.717, 1.165) is 17.3 Å². The summed E-state index contributed by atoms with van der Waals surface area (Å²) < 4.78 is 47.8. The van der Waals surface area contributed by atoms with Crippen molar-refractivity contribution in [3.8, 4) is 11.8 Å². The molecule has 11 nitrogen and oxygen atoms in total. The van der Waals surface area contributed by atoms with E-state index in [-0.39, 0.29) is 30.4 Å². The van der Waals surface area contributed by atoms with Crippen molar-refractivity contribution < 1.29 is 22.7 Å². The molecule has 2 aliphatic heterocycles. The van der Waals surface area contributed by atoms with E-state index in [0.29, 0.717) is 43.3 Å². The van der Waals surface area contributed by atoms with Crippen molar-refractivity contribution in [2.24, 2.45) is 0 Å². The van der Waals surface area contributed by atoms with Crippen molar-refractivity contribution in [1.29, 1.82) is 5.26 Å². The summed E-state index contributed by atoms with van der Waals surface area (Å²) in [5.74, 6) is 0.831. The number of amides is 1. The zero-order valence-corrected chi connectivity index (χ0v) is 23.2. The van der Waals surface area contributed by atoms with E-state index < -0.39 is 23.3 Å². The van der Waals surface area contributed by atoms with Gasteiger partial charge in [0.25, 0.3) is 11.5 Å². The average Bonchev–Trinajstić information content (AvgIpc) is 3.41. The Morgan fingerprint density at radius 2 is 1.84 bits per heavy atom. The number of alkyl halides is 3. The minimum atomic E-state index is -4.89. The van der Waals surface area contributed by atoms with E-state index in [1.165, 1.54) is 17.3 Å². The van der Waals surface area contributed by atoms with E-state index in [4.69, 9.17) is 10.00 Å². The highest BCUT2D eigenvalue weighted by Crippen LogP contribution is 2.42. The Hall–Kier alpha value is -5.45. The highest BCUT2D eigenvalue weighted by atomic mass is 19.4. The van der Waals surface area contributed by atoms with Crippen molar-refractivity contribution >= 4 is 17.4 Å². The number of carbonyl (C=O) groups is 1. The summed E-state index contributed by atoms with van der Waals surface area (Å²) in [5, 5.41) is 14.4. The second-order valence-electron chi connectivity index (χ2n) is 10.3. The first kappa shape index (κ1) is 28.7. The van der Waals surface area contributed by atoms with Crippen LogP contribution in [0.1, 0.15) is 38.8 Å². The van der Waals surface area contributed by atoms with Gasteiger partial charge in [0.2, 0.25) is 0 Å². The van der Waals surface area contributed by atoms with Crippen LogP contribution in [0.2, 0.25) is 0 Å². The van der Waals surface area contributed by atoms with Crippen LogP contribution in [0.15, 0.2) is 71.9 Å². The number of piperazine rings is 1. The van der Waals surface area contributed by atoms with Gasteiger partial charge in [0.05, 0.1) is 30.3 Å². The predicted molar refractivity (Wildman–Crippen MR) is 152 cm³/mol. The van der Waals surface area contributed by atoms with Crippen LogP contribution in [0.4, 0.5) is 24.7 Å². The predicted octanol–water partition coefficient (Wildman–Crippen LogP) is 3.55. The van der Waals surface area contributed by atoms with Crippen LogP contribution in [0.3, 0.4) is 0 Å². The van der Waals surface area contributed by atoms with Gasteiger partial charge in [-0.15, -0.1) is 0 Å². The van der Waals surface area contributed by atoms with Crippen LogP contribution >= 0.6 is 0 Å². The number of nitriles is 1. The Kier molecular flexibility index (Phi) is 7.60. The van der Waals surface area contributed by atoms with E-state index in [2.05, 4.69) is 15.1 Å². The Bertz CT molecular complexity index is 1780. The molecule has 0 saturated carbocycles. The lowest BCUT2D eigenvalue weighted by atomic mass is 10.1. The number of anilines is 2. The molecule has 2 aliphatic rings. The lowest BCUT2D eigenvalue weighted by Crippen LogP contribution is -2.49. The SMILES string of the molecule is N#Cc1cnc(N2CCN(C(=O)c3cccc(OCC4c5ccccc5CN4c4cn[nH]c(=O)c4C(F)(F)F)c3)CC2)cn1. The van der Waals surface area contributed by atoms with Crippen molar-refractivity contribution in [3.05, 3.63) is 105 Å². The molecule has 0 aliphatic carbocycles. The first-order valence-electron chi connectivity index (χ1n) is 13.7. The second kappa shape index (κ2) is 11.7. The zero-order valence-electron chi connectivity index (χ0n) is 23.2. The number of fused-ring (bicyclic) bond motifs is 1. The van der Waals surface area contributed by atoms with E-state index in [1.54, 1.807) is 41.3 Å². The lowest BCUT2D eigenvalue weighted by Gasteiger charge is -2.35. The quantitative estimate of drug-likeness (QED) is 0.352. The highest BCUT2D eigenvalue weighted by Gasteiger charge is 2.42. The van der Waals surface area contributed by atoms with Crippen molar-refractivity contribution in [3.63, 3.8) is 0 Å². The number of halogens is 3. The van der Waals surface area contributed by atoms with Crippen molar-refractivity contribution in [2.75, 3.05) is 42.6 Å². The minimum absolute atomic E-state index is 0.0386. The van der Waals surface area contributed by atoms with Crippen LogP contribution in [0.25, 0.3) is 0 Å². The van der Waals surface area contributed by atoms with Gasteiger partial charge in [-0.3, -0.25) is 9.59 Å². The first-order chi connectivity index (χ1) is 21.2. The summed E-state index contributed by atoms with van der Waals surface area (Å²) in [4.78, 5) is 39.0. The van der Waals surface area contributed by atoms with Gasteiger partial charge in [0.15, 0.2) is 5.69 Å². The number of ether oxygens (including phenoxy) is 1. The third-order valence-corrected chi connectivity index (χ3v) is 7.69. The second-order valence-corrected chi connectivity index (χ2v) is 10.3. The summed E-state index contributed by atoms with van der Waals surface area (Å²) in [6, 6.07) is 15.2. The normalized spacial score (nSPS) is 16.4. The van der Waals surface area contributed by atoms with Gasteiger partial charge in [-0.2, -0.15) is 23.5 Å². The molecule has 14 heteroatoms. The molecule has 1 N–H and O–H groups in total. The van der Waals surface area contributed by atoms with E-state index in [9.17, 15) is 22.8 Å². The highest BCUT2D eigenvalue weighted by molar-refractivity contribution is 5.94. The number of rotatable bonds is 6. The van der Waals surface area contributed by atoms with Crippen LogP contribution in [0.5, 0.6) is 5.75 Å². The first-order valence-corrected chi connectivity index (χ1v) is 13.7. The topological polar surface area (TPSA) is 131 Å². The van der Waals surface area contributed by atoms with Gasteiger partial charge >= 0.3 is 6.18 Å². The van der Waals surface area contributed by atoms with Gasteiger partial charge in [-0.05, 0) is 29.3 Å². The molecule has 2 aromatic heterocycles. The largest absolute Gasteiger partial charge is 0.491 e. The Morgan fingerprint density at radius 1 is 1.05 bits per heavy atom. The minimum Gasteiger partial charge on any atom is -0.491 e. The van der Waals surface area contributed by atoms with Crippen molar-refractivity contribution in [1.82, 2.24) is 25.1 Å². The Morgan fingerprint density at radius 3 is 2.57 bits per heavy atom. The molecule has 224 valence electrons. The van der Waals surface area contributed by atoms with E-state index in [1.807, 2.05) is 28.2 Å². The zero-order chi connectivity index (χ0) is 30.8. The van der Waals surface area contributed by atoms with Gasteiger partial charge in [-0.25, -0.2) is 15.1 Å². The summed E-state index contributed by atoms with van der Waals surface area (Å²) in [6.07, 6.45) is -0.928. The maximum absolute atomic E-state index is 13.9. The molecule has 44 heavy (non-hydrogen) atoms. The van der Waals surface area contributed by atoms with Gasteiger partial charge in [0, 0.05) is 38.3 Å². The Balaban J connectivity index is 1.16. The van der Waals surface area contributed by atoms with Gasteiger partial charge in [-0.1, -0.05) is 30.3 Å². The third-order valence-electron chi connectivity index (χ3n) is 7.69. The third kappa shape index (κ3) is 5.63. The molecular formula is C30H25F3N8O3. The number of aromatic amines is 1. The standard InChI is InChI=1S/C30H25F3N8O3/c31-30(32,33)27-24(15-37-38-28(27)42)41-17-20-4-1-2-7-23(20)25(41)18-44-22-6-3-5-19(12-22)29(43)40-10-8-39(9-11-40)26-16-35-21(13-34)14-36-26/h1-7,12,14-16,25H,8-11,17-18H2,(H,38,42). The molecule has 1 atom stereocenters.